The van der Waals surface area contributed by atoms with Gasteiger partial charge in [0.1, 0.15) is 18.3 Å². The molecule has 0 radical (unpaired) electrons. The number of nitrogens with one attached hydrogen (secondary N) is 1. The summed E-state index contributed by atoms with van der Waals surface area (Å²) in [5, 5.41) is 50.5. The van der Waals surface area contributed by atoms with Crippen LogP contribution >= 0.6 is 0 Å². The Morgan fingerprint density at radius 1 is 1.43 bits per heavy atom. The van der Waals surface area contributed by atoms with Crippen molar-refractivity contribution in [2.45, 2.75) is 43.8 Å². The number of amides is 1. The highest BCUT2D eigenvalue weighted by Crippen LogP contribution is 2.30. The number of carboxylic acid groups (broad SMARTS) is 1. The molecule has 130 valence electrons. The molecule has 1 rings (SSSR count). The lowest BCUT2D eigenvalue weighted by molar-refractivity contribution is -0.150. The molecule has 0 saturated carbocycles. The van der Waals surface area contributed by atoms with E-state index in [-0.39, 0.29) is 12.0 Å². The van der Waals surface area contributed by atoms with Gasteiger partial charge < -0.3 is 35.6 Å². The van der Waals surface area contributed by atoms with E-state index in [2.05, 4.69) is 11.9 Å². The average molecular weight is 331 g/mol. The Bertz CT molecular complexity index is 503. The Morgan fingerprint density at radius 2 is 2.04 bits per heavy atom. The SMILES string of the molecule is C=CCC1=C(C(=O)O)O[C@@H](C(O)[C@H](O)CO)[C@H](NC(C)=O)[C@H]1O. The number of hydrogen-bond donors (Lipinski definition) is 6. The summed E-state index contributed by atoms with van der Waals surface area (Å²) >= 11 is 0. The van der Waals surface area contributed by atoms with E-state index in [1.54, 1.807) is 0 Å². The van der Waals surface area contributed by atoms with Gasteiger partial charge in [-0.2, -0.15) is 0 Å². The molecule has 9 nitrogen and oxygen atoms in total. The van der Waals surface area contributed by atoms with Crippen LogP contribution in [-0.4, -0.2) is 74.5 Å². The quantitative estimate of drug-likeness (QED) is 0.289. The van der Waals surface area contributed by atoms with Gasteiger partial charge in [-0.25, -0.2) is 4.79 Å². The summed E-state index contributed by atoms with van der Waals surface area (Å²) in [6.07, 6.45) is -4.96. The van der Waals surface area contributed by atoms with Gasteiger partial charge in [-0.15, -0.1) is 6.58 Å². The first-order chi connectivity index (χ1) is 10.7. The predicted molar refractivity (Wildman–Crippen MR) is 77.1 cm³/mol. The van der Waals surface area contributed by atoms with Gasteiger partial charge in [0.2, 0.25) is 11.7 Å². The number of aliphatic hydroxyl groups excluding tert-OH is 4. The van der Waals surface area contributed by atoms with Crippen molar-refractivity contribution in [2.24, 2.45) is 0 Å². The number of aliphatic hydroxyl groups is 4. The number of carbonyl (C=O) groups is 2. The van der Waals surface area contributed by atoms with Crippen LogP contribution in [0.1, 0.15) is 13.3 Å². The second kappa shape index (κ2) is 8.06. The zero-order chi connectivity index (χ0) is 17.7. The fraction of sp³-hybridized carbons (Fsp3) is 0.571. The van der Waals surface area contributed by atoms with E-state index < -0.39 is 54.7 Å². The lowest BCUT2D eigenvalue weighted by Crippen LogP contribution is -2.61. The molecule has 1 amide bonds. The van der Waals surface area contributed by atoms with Crippen LogP contribution in [-0.2, 0) is 14.3 Å². The third kappa shape index (κ3) is 4.29. The maximum absolute atomic E-state index is 11.3. The van der Waals surface area contributed by atoms with E-state index in [4.69, 9.17) is 9.84 Å². The van der Waals surface area contributed by atoms with Crippen molar-refractivity contribution in [2.75, 3.05) is 6.61 Å². The van der Waals surface area contributed by atoms with E-state index >= 15 is 0 Å². The monoisotopic (exact) mass is 331 g/mol. The van der Waals surface area contributed by atoms with Crippen molar-refractivity contribution in [3.05, 3.63) is 24.0 Å². The summed E-state index contributed by atoms with van der Waals surface area (Å²) in [6, 6.07) is -1.21. The second-order valence-electron chi connectivity index (χ2n) is 5.15. The first-order valence-corrected chi connectivity index (χ1v) is 6.90. The summed E-state index contributed by atoms with van der Waals surface area (Å²) in [7, 11) is 0. The van der Waals surface area contributed by atoms with Crippen LogP contribution in [0.25, 0.3) is 0 Å². The number of carboxylic acids is 1. The molecule has 1 aliphatic rings. The van der Waals surface area contributed by atoms with Gasteiger partial charge in [0.05, 0.1) is 12.6 Å². The van der Waals surface area contributed by atoms with E-state index in [1.165, 1.54) is 13.0 Å². The summed E-state index contributed by atoms with van der Waals surface area (Å²) in [5.74, 6) is -2.61. The van der Waals surface area contributed by atoms with Crippen LogP contribution in [0.5, 0.6) is 0 Å². The molecule has 1 unspecified atom stereocenters. The number of rotatable bonds is 7. The minimum Gasteiger partial charge on any atom is -0.478 e. The van der Waals surface area contributed by atoms with E-state index in [0.717, 1.165) is 0 Å². The molecule has 0 aromatic carbocycles. The molecule has 5 atom stereocenters. The molecule has 23 heavy (non-hydrogen) atoms. The van der Waals surface area contributed by atoms with Crippen molar-refractivity contribution in [1.29, 1.82) is 0 Å². The topological polar surface area (TPSA) is 157 Å². The maximum atomic E-state index is 11.3. The summed E-state index contributed by atoms with van der Waals surface area (Å²) in [6.45, 7) is 3.82. The fourth-order valence-corrected chi connectivity index (χ4v) is 2.38. The van der Waals surface area contributed by atoms with E-state index in [1.807, 2.05) is 0 Å². The molecule has 1 heterocycles. The summed E-state index contributed by atoms with van der Waals surface area (Å²) in [5.41, 5.74) is -0.0202. The third-order valence-electron chi connectivity index (χ3n) is 3.44. The molecule has 9 heteroatoms. The third-order valence-corrected chi connectivity index (χ3v) is 3.44. The summed E-state index contributed by atoms with van der Waals surface area (Å²) < 4.78 is 5.22. The fourth-order valence-electron chi connectivity index (χ4n) is 2.38. The van der Waals surface area contributed by atoms with Crippen LogP contribution < -0.4 is 5.32 Å². The number of aliphatic carboxylic acids is 1. The van der Waals surface area contributed by atoms with Crippen molar-refractivity contribution >= 4 is 11.9 Å². The zero-order valence-electron chi connectivity index (χ0n) is 12.5. The van der Waals surface area contributed by atoms with Crippen molar-refractivity contribution < 1.29 is 39.9 Å². The molecule has 0 aromatic heterocycles. The van der Waals surface area contributed by atoms with Gasteiger partial charge in [0, 0.05) is 12.5 Å². The normalized spacial score (nSPS) is 26.9. The molecular formula is C14H21NO8. The van der Waals surface area contributed by atoms with Crippen LogP contribution in [0.15, 0.2) is 24.0 Å². The van der Waals surface area contributed by atoms with E-state index in [0.29, 0.717) is 0 Å². The zero-order valence-corrected chi connectivity index (χ0v) is 12.5. The highest BCUT2D eigenvalue weighted by atomic mass is 16.5. The Hall–Kier alpha value is -1.94. The first kappa shape index (κ1) is 19.1. The largest absolute Gasteiger partial charge is 0.478 e. The van der Waals surface area contributed by atoms with E-state index in [9.17, 15) is 30.0 Å². The molecule has 0 bridgehead atoms. The Morgan fingerprint density at radius 3 is 2.48 bits per heavy atom. The second-order valence-corrected chi connectivity index (χ2v) is 5.15. The Labute approximate surface area is 132 Å². The van der Waals surface area contributed by atoms with Gasteiger partial charge in [-0.05, 0) is 6.42 Å². The van der Waals surface area contributed by atoms with Gasteiger partial charge in [-0.1, -0.05) is 6.08 Å². The van der Waals surface area contributed by atoms with Crippen LogP contribution in [0, 0.1) is 0 Å². The number of ether oxygens (including phenoxy) is 1. The number of hydrogen-bond acceptors (Lipinski definition) is 7. The minimum absolute atomic E-state index is 0.00967. The van der Waals surface area contributed by atoms with Crippen molar-refractivity contribution in [3.8, 4) is 0 Å². The highest BCUT2D eigenvalue weighted by Gasteiger charge is 2.46. The Kier molecular flexibility index (Phi) is 6.70. The average Bonchev–Trinajstić information content (AvgIpc) is 2.49. The minimum atomic E-state index is -1.73. The van der Waals surface area contributed by atoms with Gasteiger partial charge in [0.15, 0.2) is 6.10 Å². The number of carbonyl (C=O) groups excluding carboxylic acids is 1. The lowest BCUT2D eigenvalue weighted by Gasteiger charge is -2.40. The molecule has 0 spiro atoms. The Balaban J connectivity index is 3.29. The highest BCUT2D eigenvalue weighted by molar-refractivity contribution is 5.86. The lowest BCUT2D eigenvalue weighted by atomic mass is 9.87. The predicted octanol–water partition coefficient (Wildman–Crippen LogP) is -2.12. The molecule has 0 saturated heterocycles. The standard InChI is InChI=1S/C14H21NO8/c1-3-4-7-10(19)9(15-6(2)17)13(11(20)8(18)5-16)23-12(7)14(21)22/h3,8-11,13,16,18-20H,1,4-5H2,2H3,(H,15,17)(H,21,22)/t8-,9-,10+,11?,13-/m1/s1. The molecule has 6 N–H and O–H groups in total. The first-order valence-electron chi connectivity index (χ1n) is 6.90. The van der Waals surface area contributed by atoms with Crippen LogP contribution in [0.2, 0.25) is 0 Å². The summed E-state index contributed by atoms with van der Waals surface area (Å²) in [4.78, 5) is 22.6. The molecular weight excluding hydrogens is 310 g/mol. The van der Waals surface area contributed by atoms with Gasteiger partial charge in [-0.3, -0.25) is 4.79 Å². The van der Waals surface area contributed by atoms with Crippen molar-refractivity contribution in [1.82, 2.24) is 5.32 Å². The molecule has 1 aliphatic heterocycles. The molecule has 0 fully saturated rings. The smallest absolute Gasteiger partial charge is 0.371 e. The molecule has 0 aliphatic carbocycles. The number of allylic oxidation sites excluding steroid dienone is 1. The van der Waals surface area contributed by atoms with Crippen LogP contribution in [0.4, 0.5) is 0 Å². The maximum Gasteiger partial charge on any atom is 0.371 e. The van der Waals surface area contributed by atoms with Crippen molar-refractivity contribution in [3.63, 3.8) is 0 Å². The van der Waals surface area contributed by atoms with Gasteiger partial charge in [0.25, 0.3) is 0 Å². The van der Waals surface area contributed by atoms with Gasteiger partial charge >= 0.3 is 5.97 Å². The molecule has 0 aromatic rings. The van der Waals surface area contributed by atoms with Crippen LogP contribution in [0.3, 0.4) is 0 Å².